The van der Waals surface area contributed by atoms with Crippen molar-refractivity contribution in [2.24, 2.45) is 0 Å². The summed E-state index contributed by atoms with van der Waals surface area (Å²) in [5.41, 5.74) is -1.17. The van der Waals surface area contributed by atoms with Crippen LogP contribution in [-0.2, 0) is 15.0 Å². The van der Waals surface area contributed by atoms with Crippen LogP contribution in [0.25, 0.3) is 0 Å². The van der Waals surface area contributed by atoms with Gasteiger partial charge in [0.05, 0.1) is 5.57 Å². The van der Waals surface area contributed by atoms with Crippen LogP contribution in [0, 0.1) is 6.92 Å². The van der Waals surface area contributed by atoms with Gasteiger partial charge in [0, 0.05) is 12.0 Å². The molecule has 0 amide bonds. The largest absolute Gasteiger partial charge is 0.480 e. The van der Waals surface area contributed by atoms with Crippen LogP contribution in [-0.4, -0.2) is 27.9 Å². The summed E-state index contributed by atoms with van der Waals surface area (Å²) < 4.78 is 0. The van der Waals surface area contributed by atoms with Crippen LogP contribution in [0.15, 0.2) is 66.7 Å². The zero-order chi connectivity index (χ0) is 18.6. The van der Waals surface area contributed by atoms with E-state index in [1.165, 1.54) is 12.1 Å². The number of ketones is 1. The van der Waals surface area contributed by atoms with Gasteiger partial charge in [0.25, 0.3) is 0 Å². The number of carbonyl (C=O) groups is 3. The SMILES string of the molecule is C=C(C(=O)O)C(CC(=O)c1ccccc1)(C(=O)O)c1ccc(C)cc1. The molecular weight excluding hydrogens is 320 g/mol. The number of hydrogen-bond donors (Lipinski definition) is 2. The molecule has 5 nitrogen and oxygen atoms in total. The molecule has 128 valence electrons. The summed E-state index contributed by atoms with van der Waals surface area (Å²) in [6.07, 6.45) is -0.527. The van der Waals surface area contributed by atoms with Crippen molar-refractivity contribution in [3.05, 3.63) is 83.4 Å². The van der Waals surface area contributed by atoms with E-state index in [0.717, 1.165) is 5.56 Å². The number of benzene rings is 2. The predicted octanol–water partition coefficient (Wildman–Crippen LogP) is 3.23. The van der Waals surface area contributed by atoms with Crippen molar-refractivity contribution in [2.45, 2.75) is 18.8 Å². The lowest BCUT2D eigenvalue weighted by atomic mass is 9.70. The summed E-state index contributed by atoms with van der Waals surface area (Å²) >= 11 is 0. The smallest absolute Gasteiger partial charge is 0.332 e. The van der Waals surface area contributed by atoms with E-state index >= 15 is 0 Å². The average Bonchev–Trinajstić information content (AvgIpc) is 2.60. The lowest BCUT2D eigenvalue weighted by Gasteiger charge is -2.29. The molecule has 5 heteroatoms. The summed E-state index contributed by atoms with van der Waals surface area (Å²) in [5, 5.41) is 19.3. The van der Waals surface area contributed by atoms with Crippen molar-refractivity contribution in [2.75, 3.05) is 0 Å². The number of rotatable bonds is 7. The van der Waals surface area contributed by atoms with Crippen molar-refractivity contribution in [3.63, 3.8) is 0 Å². The number of carboxylic acids is 2. The molecule has 0 aromatic heterocycles. The molecule has 0 fully saturated rings. The van der Waals surface area contributed by atoms with Gasteiger partial charge in [0.15, 0.2) is 5.78 Å². The first-order chi connectivity index (χ1) is 11.8. The second-order valence-electron chi connectivity index (χ2n) is 5.83. The molecule has 0 heterocycles. The highest BCUT2D eigenvalue weighted by molar-refractivity contribution is 6.06. The molecule has 25 heavy (non-hydrogen) atoms. The molecule has 1 unspecified atom stereocenters. The van der Waals surface area contributed by atoms with Crippen molar-refractivity contribution in [1.29, 1.82) is 0 Å². The van der Waals surface area contributed by atoms with E-state index in [-0.39, 0.29) is 5.56 Å². The normalized spacial score (nSPS) is 12.8. The third kappa shape index (κ3) is 3.50. The molecule has 0 aliphatic heterocycles. The minimum atomic E-state index is -2.04. The third-order valence-electron chi connectivity index (χ3n) is 4.20. The van der Waals surface area contributed by atoms with E-state index in [4.69, 9.17) is 0 Å². The molecule has 2 rings (SSSR count). The lowest BCUT2D eigenvalue weighted by Crippen LogP contribution is -2.42. The van der Waals surface area contributed by atoms with Crippen molar-refractivity contribution in [3.8, 4) is 0 Å². The van der Waals surface area contributed by atoms with E-state index in [1.54, 1.807) is 42.5 Å². The van der Waals surface area contributed by atoms with Crippen molar-refractivity contribution >= 4 is 17.7 Å². The van der Waals surface area contributed by atoms with Gasteiger partial charge >= 0.3 is 11.9 Å². The number of aliphatic carboxylic acids is 2. The number of hydrogen-bond acceptors (Lipinski definition) is 3. The Labute approximate surface area is 145 Å². The van der Waals surface area contributed by atoms with E-state index in [0.29, 0.717) is 5.56 Å². The molecule has 0 spiro atoms. The Kier molecular flexibility index (Phi) is 5.17. The van der Waals surface area contributed by atoms with Gasteiger partial charge < -0.3 is 10.2 Å². The van der Waals surface area contributed by atoms with Crippen LogP contribution in [0.3, 0.4) is 0 Å². The second-order valence-corrected chi connectivity index (χ2v) is 5.83. The molecule has 1 atom stereocenters. The lowest BCUT2D eigenvalue weighted by molar-refractivity contribution is -0.145. The van der Waals surface area contributed by atoms with Gasteiger partial charge in [0.1, 0.15) is 5.41 Å². The molecule has 0 radical (unpaired) electrons. The molecule has 0 saturated carbocycles. The molecule has 2 aromatic rings. The Hall–Kier alpha value is -3.21. The molecule has 0 bridgehead atoms. The fourth-order valence-electron chi connectivity index (χ4n) is 2.70. The number of Topliss-reactive ketones (excluding diaryl/α,β-unsaturated/α-hetero) is 1. The van der Waals surface area contributed by atoms with Gasteiger partial charge in [0.2, 0.25) is 0 Å². The van der Waals surface area contributed by atoms with Crippen LogP contribution < -0.4 is 0 Å². The van der Waals surface area contributed by atoms with Gasteiger partial charge in [-0.05, 0) is 12.5 Å². The summed E-state index contributed by atoms with van der Waals surface area (Å²) in [4.78, 5) is 36.3. The first-order valence-corrected chi connectivity index (χ1v) is 7.60. The Morgan fingerprint density at radius 2 is 1.52 bits per heavy atom. The monoisotopic (exact) mass is 338 g/mol. The molecule has 0 aliphatic carbocycles. The number of carboxylic acid groups (broad SMARTS) is 2. The Bertz CT molecular complexity index is 821. The Morgan fingerprint density at radius 3 is 2.00 bits per heavy atom. The van der Waals surface area contributed by atoms with Crippen LogP contribution in [0.4, 0.5) is 0 Å². The first kappa shape index (κ1) is 18.1. The summed E-state index contributed by atoms with van der Waals surface area (Å²) in [6.45, 7) is 5.29. The van der Waals surface area contributed by atoms with Gasteiger partial charge in [-0.1, -0.05) is 66.7 Å². The van der Waals surface area contributed by atoms with Crippen LogP contribution >= 0.6 is 0 Å². The van der Waals surface area contributed by atoms with Gasteiger partial charge in [-0.3, -0.25) is 9.59 Å². The quantitative estimate of drug-likeness (QED) is 0.597. The second kappa shape index (κ2) is 7.13. The minimum absolute atomic E-state index is 0.210. The maximum Gasteiger partial charge on any atom is 0.332 e. The van der Waals surface area contributed by atoms with Gasteiger partial charge in [-0.15, -0.1) is 0 Å². The molecular formula is C20H18O5. The topological polar surface area (TPSA) is 91.7 Å². The van der Waals surface area contributed by atoms with Crippen LogP contribution in [0.1, 0.15) is 27.9 Å². The average molecular weight is 338 g/mol. The van der Waals surface area contributed by atoms with Crippen LogP contribution in [0.2, 0.25) is 0 Å². The van der Waals surface area contributed by atoms with Crippen molar-refractivity contribution < 1.29 is 24.6 Å². The zero-order valence-corrected chi connectivity index (χ0v) is 13.7. The summed E-state index contributed by atoms with van der Waals surface area (Å²) in [5.74, 6) is -3.34. The van der Waals surface area contributed by atoms with Gasteiger partial charge in [-0.2, -0.15) is 0 Å². The predicted molar refractivity (Wildman–Crippen MR) is 92.7 cm³/mol. The maximum atomic E-state index is 12.6. The highest BCUT2D eigenvalue weighted by Gasteiger charge is 2.47. The van der Waals surface area contributed by atoms with Crippen molar-refractivity contribution in [1.82, 2.24) is 0 Å². The third-order valence-corrected chi connectivity index (χ3v) is 4.20. The summed E-state index contributed by atoms with van der Waals surface area (Å²) in [7, 11) is 0. The standard InChI is InChI=1S/C20H18O5/c1-13-8-10-16(11-9-13)20(19(24)25,14(2)18(22)23)12-17(21)15-6-4-3-5-7-15/h3-11H,2,12H2,1H3,(H,22,23)(H,24,25). The highest BCUT2D eigenvalue weighted by Crippen LogP contribution is 2.37. The highest BCUT2D eigenvalue weighted by atomic mass is 16.4. The number of aryl methyl sites for hydroxylation is 1. The van der Waals surface area contributed by atoms with E-state index in [1.807, 2.05) is 6.92 Å². The van der Waals surface area contributed by atoms with E-state index in [2.05, 4.69) is 6.58 Å². The summed E-state index contributed by atoms with van der Waals surface area (Å²) in [6, 6.07) is 14.6. The minimum Gasteiger partial charge on any atom is -0.480 e. The Morgan fingerprint density at radius 1 is 0.960 bits per heavy atom. The molecule has 2 N–H and O–H groups in total. The fraction of sp³-hybridized carbons (Fsp3) is 0.150. The van der Waals surface area contributed by atoms with Crippen LogP contribution in [0.5, 0.6) is 0 Å². The van der Waals surface area contributed by atoms with E-state index < -0.39 is 35.1 Å². The fourth-order valence-corrected chi connectivity index (χ4v) is 2.70. The first-order valence-electron chi connectivity index (χ1n) is 7.60. The molecule has 0 saturated heterocycles. The van der Waals surface area contributed by atoms with Gasteiger partial charge in [-0.25, -0.2) is 4.79 Å². The zero-order valence-electron chi connectivity index (χ0n) is 13.7. The molecule has 0 aliphatic rings. The number of carbonyl (C=O) groups excluding carboxylic acids is 1. The van der Waals surface area contributed by atoms with E-state index in [9.17, 15) is 24.6 Å². The maximum absolute atomic E-state index is 12.6. The Balaban J connectivity index is 2.60. The molecule has 2 aromatic carbocycles.